The van der Waals surface area contributed by atoms with Gasteiger partial charge >= 0.3 is 0 Å². The topological polar surface area (TPSA) is 56.3 Å². The molecule has 18 heavy (non-hydrogen) atoms. The number of rotatable bonds is 4. The van der Waals surface area contributed by atoms with Crippen LogP contribution >= 0.6 is 0 Å². The van der Waals surface area contributed by atoms with Crippen LogP contribution in [0.2, 0.25) is 0 Å². The first-order valence-electron chi connectivity index (χ1n) is 6.77. The van der Waals surface area contributed by atoms with E-state index in [9.17, 15) is 0 Å². The third-order valence-electron chi connectivity index (χ3n) is 3.77. The molecule has 5 nitrogen and oxygen atoms in total. The van der Waals surface area contributed by atoms with Gasteiger partial charge in [0.1, 0.15) is 12.3 Å². The van der Waals surface area contributed by atoms with Gasteiger partial charge in [0.2, 0.25) is 5.88 Å². The molecule has 102 valence electrons. The van der Waals surface area contributed by atoms with Crippen LogP contribution in [-0.4, -0.2) is 40.9 Å². The Labute approximate surface area is 109 Å². The Morgan fingerprint density at radius 2 is 2.17 bits per heavy atom. The smallest absolute Gasteiger partial charge is 0.235 e. The summed E-state index contributed by atoms with van der Waals surface area (Å²) in [6, 6.07) is 0.498. The standard InChI is InChI=1S/C13H24N4O/c1-4-11-12(14)13(17(3)15-11)18-9-10-7-5-6-8-16(10)2/h10H,4-9,14H2,1-3H3. The molecule has 0 spiro atoms. The lowest BCUT2D eigenvalue weighted by atomic mass is 10.0. The number of nitrogen functional groups attached to an aromatic ring is 1. The molecule has 0 aliphatic carbocycles. The van der Waals surface area contributed by atoms with E-state index in [1.54, 1.807) is 4.68 Å². The van der Waals surface area contributed by atoms with Crippen LogP contribution in [0.5, 0.6) is 5.88 Å². The zero-order valence-electron chi connectivity index (χ0n) is 11.6. The van der Waals surface area contributed by atoms with Crippen molar-refractivity contribution >= 4 is 5.69 Å². The largest absolute Gasteiger partial charge is 0.475 e. The second kappa shape index (κ2) is 5.61. The summed E-state index contributed by atoms with van der Waals surface area (Å²) >= 11 is 0. The first-order valence-corrected chi connectivity index (χ1v) is 6.77. The van der Waals surface area contributed by atoms with Gasteiger partial charge in [-0.2, -0.15) is 5.10 Å². The number of ether oxygens (including phenoxy) is 1. The van der Waals surface area contributed by atoms with Crippen molar-refractivity contribution in [1.82, 2.24) is 14.7 Å². The molecule has 1 atom stereocenters. The van der Waals surface area contributed by atoms with Crippen LogP contribution in [0.1, 0.15) is 31.9 Å². The average Bonchev–Trinajstić information content (AvgIpc) is 2.64. The van der Waals surface area contributed by atoms with Crippen LogP contribution in [0.25, 0.3) is 0 Å². The normalized spacial score (nSPS) is 21.2. The van der Waals surface area contributed by atoms with Crippen LogP contribution < -0.4 is 10.5 Å². The number of anilines is 1. The molecular formula is C13H24N4O. The van der Waals surface area contributed by atoms with E-state index < -0.39 is 0 Å². The van der Waals surface area contributed by atoms with Crippen molar-refractivity contribution in [3.05, 3.63) is 5.69 Å². The van der Waals surface area contributed by atoms with Crippen molar-refractivity contribution in [2.75, 3.05) is 25.9 Å². The molecule has 0 bridgehead atoms. The van der Waals surface area contributed by atoms with Gasteiger partial charge in [-0.1, -0.05) is 13.3 Å². The second-order valence-electron chi connectivity index (χ2n) is 5.08. The minimum absolute atomic E-state index is 0.498. The number of hydrogen-bond donors (Lipinski definition) is 1. The Morgan fingerprint density at radius 1 is 1.39 bits per heavy atom. The van der Waals surface area contributed by atoms with Gasteiger partial charge < -0.3 is 15.4 Å². The van der Waals surface area contributed by atoms with E-state index in [0.717, 1.165) is 18.7 Å². The summed E-state index contributed by atoms with van der Waals surface area (Å²) < 4.78 is 7.64. The molecule has 0 radical (unpaired) electrons. The fraction of sp³-hybridized carbons (Fsp3) is 0.769. The number of nitrogens with two attached hydrogens (primary N) is 1. The molecule has 2 N–H and O–H groups in total. The van der Waals surface area contributed by atoms with Crippen molar-refractivity contribution in [3.63, 3.8) is 0 Å². The van der Waals surface area contributed by atoms with Crippen molar-refractivity contribution < 1.29 is 4.74 Å². The molecule has 1 aromatic heterocycles. The van der Waals surface area contributed by atoms with Gasteiger partial charge in [-0.05, 0) is 32.9 Å². The molecule has 0 saturated carbocycles. The highest BCUT2D eigenvalue weighted by molar-refractivity contribution is 5.53. The van der Waals surface area contributed by atoms with E-state index >= 15 is 0 Å². The number of likely N-dealkylation sites (N-methyl/N-ethyl adjacent to an activating group) is 1. The maximum atomic E-state index is 6.04. The third-order valence-corrected chi connectivity index (χ3v) is 3.77. The maximum Gasteiger partial charge on any atom is 0.235 e. The number of aryl methyl sites for hydroxylation is 2. The Morgan fingerprint density at radius 3 is 2.78 bits per heavy atom. The van der Waals surface area contributed by atoms with E-state index in [1.165, 1.54) is 19.3 Å². The maximum absolute atomic E-state index is 6.04. The third kappa shape index (κ3) is 2.61. The lowest BCUT2D eigenvalue weighted by Crippen LogP contribution is -2.40. The van der Waals surface area contributed by atoms with Crippen molar-refractivity contribution in [2.45, 2.75) is 38.6 Å². The molecule has 2 rings (SSSR count). The van der Waals surface area contributed by atoms with Gasteiger partial charge in [0.05, 0.1) is 5.69 Å². The van der Waals surface area contributed by atoms with Crippen molar-refractivity contribution in [3.8, 4) is 5.88 Å². The van der Waals surface area contributed by atoms with Gasteiger partial charge in [-0.15, -0.1) is 0 Å². The quantitative estimate of drug-likeness (QED) is 0.880. The Bertz CT molecular complexity index is 402. The molecule has 1 fully saturated rings. The molecule has 1 aliphatic rings. The lowest BCUT2D eigenvalue weighted by Gasteiger charge is -2.32. The second-order valence-corrected chi connectivity index (χ2v) is 5.08. The van der Waals surface area contributed by atoms with Gasteiger partial charge in [0.25, 0.3) is 0 Å². The molecular weight excluding hydrogens is 228 g/mol. The minimum atomic E-state index is 0.498. The fourth-order valence-electron chi connectivity index (χ4n) is 2.54. The van der Waals surface area contributed by atoms with E-state index in [2.05, 4.69) is 24.0 Å². The summed E-state index contributed by atoms with van der Waals surface area (Å²) in [6.45, 7) is 3.91. The van der Waals surface area contributed by atoms with Crippen molar-refractivity contribution in [1.29, 1.82) is 0 Å². The molecule has 1 saturated heterocycles. The number of nitrogens with zero attached hydrogens (tertiary/aromatic N) is 3. The molecule has 0 aromatic carbocycles. The minimum Gasteiger partial charge on any atom is -0.475 e. The predicted octanol–water partition coefficient (Wildman–Crippen LogP) is 1.43. The zero-order chi connectivity index (χ0) is 13.1. The summed E-state index contributed by atoms with van der Waals surface area (Å²) in [4.78, 5) is 2.37. The monoisotopic (exact) mass is 252 g/mol. The van der Waals surface area contributed by atoms with Gasteiger partial charge in [0.15, 0.2) is 0 Å². The SMILES string of the molecule is CCc1nn(C)c(OCC2CCCCN2C)c1N. The average molecular weight is 252 g/mol. The van der Waals surface area contributed by atoms with Gasteiger partial charge in [-0.3, -0.25) is 0 Å². The Hall–Kier alpha value is -1.23. The highest BCUT2D eigenvalue weighted by Crippen LogP contribution is 2.26. The molecule has 1 unspecified atom stereocenters. The lowest BCUT2D eigenvalue weighted by molar-refractivity contribution is 0.120. The first kappa shape index (κ1) is 13.2. The summed E-state index contributed by atoms with van der Waals surface area (Å²) in [6.07, 6.45) is 4.63. The highest BCUT2D eigenvalue weighted by Gasteiger charge is 2.21. The van der Waals surface area contributed by atoms with E-state index in [4.69, 9.17) is 10.5 Å². The summed E-state index contributed by atoms with van der Waals surface area (Å²) in [5.74, 6) is 0.714. The number of piperidine rings is 1. The first-order chi connectivity index (χ1) is 8.63. The van der Waals surface area contributed by atoms with Gasteiger partial charge in [-0.25, -0.2) is 4.68 Å². The number of likely N-dealkylation sites (tertiary alicyclic amines) is 1. The van der Waals surface area contributed by atoms with E-state index in [0.29, 0.717) is 24.2 Å². The van der Waals surface area contributed by atoms with Crippen LogP contribution in [-0.2, 0) is 13.5 Å². The molecule has 1 aromatic rings. The molecule has 0 amide bonds. The summed E-state index contributed by atoms with van der Waals surface area (Å²) in [5.41, 5.74) is 7.66. The Balaban J connectivity index is 1.99. The summed E-state index contributed by atoms with van der Waals surface area (Å²) in [7, 11) is 4.05. The van der Waals surface area contributed by atoms with E-state index in [1.807, 2.05) is 7.05 Å². The van der Waals surface area contributed by atoms with E-state index in [-0.39, 0.29) is 0 Å². The summed E-state index contributed by atoms with van der Waals surface area (Å²) in [5, 5.41) is 4.36. The van der Waals surface area contributed by atoms with Gasteiger partial charge in [0, 0.05) is 13.1 Å². The highest BCUT2D eigenvalue weighted by atomic mass is 16.5. The van der Waals surface area contributed by atoms with Crippen LogP contribution in [0.4, 0.5) is 5.69 Å². The molecule has 2 heterocycles. The zero-order valence-corrected chi connectivity index (χ0v) is 11.6. The van der Waals surface area contributed by atoms with Crippen molar-refractivity contribution in [2.24, 2.45) is 7.05 Å². The Kier molecular flexibility index (Phi) is 4.11. The molecule has 1 aliphatic heterocycles. The van der Waals surface area contributed by atoms with Crippen LogP contribution in [0, 0.1) is 0 Å². The number of aromatic nitrogens is 2. The van der Waals surface area contributed by atoms with Crippen LogP contribution in [0.15, 0.2) is 0 Å². The molecule has 5 heteroatoms. The predicted molar refractivity (Wildman–Crippen MR) is 72.8 cm³/mol. The van der Waals surface area contributed by atoms with Crippen LogP contribution in [0.3, 0.4) is 0 Å². The number of hydrogen-bond acceptors (Lipinski definition) is 4. The fourth-order valence-corrected chi connectivity index (χ4v) is 2.54.